The van der Waals surface area contributed by atoms with Crippen molar-refractivity contribution in [3.63, 3.8) is 0 Å². The van der Waals surface area contributed by atoms with E-state index < -0.39 is 0 Å². The highest BCUT2D eigenvalue weighted by Gasteiger charge is 2.25. The van der Waals surface area contributed by atoms with Gasteiger partial charge in [0.2, 0.25) is 0 Å². The van der Waals surface area contributed by atoms with Crippen LogP contribution in [-0.4, -0.2) is 23.1 Å². The van der Waals surface area contributed by atoms with Gasteiger partial charge >= 0.3 is 0 Å². The zero-order valence-corrected chi connectivity index (χ0v) is 13.9. The quantitative estimate of drug-likeness (QED) is 0.647. The molecule has 2 aromatic rings. The van der Waals surface area contributed by atoms with Crippen LogP contribution in [0, 0.1) is 0 Å². The number of hydrogen-bond acceptors (Lipinski definition) is 4. The predicted molar refractivity (Wildman–Crippen MR) is 92.3 cm³/mol. The second kappa shape index (κ2) is 6.54. The van der Waals surface area contributed by atoms with Gasteiger partial charge < -0.3 is 4.74 Å². The van der Waals surface area contributed by atoms with Crippen molar-refractivity contribution in [2.24, 2.45) is 0 Å². The highest BCUT2D eigenvalue weighted by atomic mass is 79.9. The first-order valence-electron chi connectivity index (χ1n) is 6.64. The molecular weight excluding hydrogens is 366 g/mol. The number of benzene rings is 2. The number of ether oxygens (including phenoxy) is 1. The largest absolute Gasteiger partial charge is 0.492 e. The van der Waals surface area contributed by atoms with Crippen molar-refractivity contribution in [3.8, 4) is 5.75 Å². The molecule has 0 saturated carbocycles. The average Bonchev–Trinajstić information content (AvgIpc) is 2.84. The minimum atomic E-state index is -0.348. The lowest BCUT2D eigenvalue weighted by atomic mass is 10.0. The normalized spacial score (nSPS) is 16.3. The third-order valence-corrected chi connectivity index (χ3v) is 4.32. The standard InChI is InChI=1S/C16H12BrNO3S/c17-7-8-21-13-6-5-10(11-3-1-2-4-12(11)13)9-14-15(19)18-16(20)22-14/h1-6,9H,7-8H2,(H,18,19,20)/b14-9-. The summed E-state index contributed by atoms with van der Waals surface area (Å²) in [6, 6.07) is 11.6. The van der Waals surface area contributed by atoms with Gasteiger partial charge in [-0.1, -0.05) is 46.3 Å². The molecule has 0 radical (unpaired) electrons. The monoisotopic (exact) mass is 377 g/mol. The lowest BCUT2D eigenvalue weighted by Gasteiger charge is -2.10. The molecule has 0 spiro atoms. The molecule has 3 rings (SSSR count). The fourth-order valence-electron chi connectivity index (χ4n) is 2.26. The Kier molecular flexibility index (Phi) is 4.49. The van der Waals surface area contributed by atoms with E-state index in [2.05, 4.69) is 21.2 Å². The Balaban J connectivity index is 2.06. The maximum atomic E-state index is 11.7. The Morgan fingerprint density at radius 1 is 1.14 bits per heavy atom. The van der Waals surface area contributed by atoms with Gasteiger partial charge in [0.25, 0.3) is 11.1 Å². The van der Waals surface area contributed by atoms with Crippen molar-refractivity contribution in [2.75, 3.05) is 11.9 Å². The number of hydrogen-bond donors (Lipinski definition) is 1. The second-order valence-corrected chi connectivity index (χ2v) is 6.40. The van der Waals surface area contributed by atoms with E-state index in [1.807, 2.05) is 36.4 Å². The average molecular weight is 378 g/mol. The summed E-state index contributed by atoms with van der Waals surface area (Å²) in [5.41, 5.74) is 0.883. The molecule has 2 amide bonds. The van der Waals surface area contributed by atoms with E-state index in [-0.39, 0.29) is 11.1 Å². The van der Waals surface area contributed by atoms with Gasteiger partial charge in [-0.25, -0.2) is 0 Å². The van der Waals surface area contributed by atoms with Gasteiger partial charge in [-0.05, 0) is 34.9 Å². The Morgan fingerprint density at radius 3 is 2.59 bits per heavy atom. The lowest BCUT2D eigenvalue weighted by Crippen LogP contribution is -2.17. The van der Waals surface area contributed by atoms with Gasteiger partial charge in [0.05, 0.1) is 11.5 Å². The van der Waals surface area contributed by atoms with Crippen LogP contribution in [0.3, 0.4) is 0 Å². The van der Waals surface area contributed by atoms with Crippen LogP contribution in [0.15, 0.2) is 41.3 Å². The van der Waals surface area contributed by atoms with Crippen LogP contribution in [0.5, 0.6) is 5.75 Å². The highest BCUT2D eigenvalue weighted by Crippen LogP contribution is 2.32. The zero-order valence-electron chi connectivity index (χ0n) is 11.5. The van der Waals surface area contributed by atoms with Gasteiger partial charge in [-0.15, -0.1) is 0 Å². The summed E-state index contributed by atoms with van der Waals surface area (Å²) in [5, 5.41) is 4.64. The molecule has 0 bridgehead atoms. The first-order chi connectivity index (χ1) is 10.7. The summed E-state index contributed by atoms with van der Waals surface area (Å²) in [4.78, 5) is 23.3. The van der Waals surface area contributed by atoms with E-state index in [0.29, 0.717) is 11.5 Å². The van der Waals surface area contributed by atoms with E-state index in [0.717, 1.165) is 39.2 Å². The molecule has 1 aliphatic rings. The molecule has 1 aliphatic heterocycles. The van der Waals surface area contributed by atoms with E-state index in [4.69, 9.17) is 4.74 Å². The summed E-state index contributed by atoms with van der Waals surface area (Å²) < 4.78 is 5.73. The molecule has 1 fully saturated rings. The number of halogens is 1. The predicted octanol–water partition coefficient (Wildman–Crippen LogP) is 3.94. The number of amides is 2. The van der Waals surface area contributed by atoms with E-state index in [9.17, 15) is 9.59 Å². The van der Waals surface area contributed by atoms with Crippen LogP contribution in [0.4, 0.5) is 4.79 Å². The number of fused-ring (bicyclic) bond motifs is 1. The smallest absolute Gasteiger partial charge is 0.290 e. The first-order valence-corrected chi connectivity index (χ1v) is 8.58. The van der Waals surface area contributed by atoms with Gasteiger partial charge in [0.1, 0.15) is 5.75 Å². The number of nitrogens with one attached hydrogen (secondary N) is 1. The number of carbonyl (C=O) groups is 2. The van der Waals surface area contributed by atoms with Crippen molar-refractivity contribution in [1.82, 2.24) is 5.32 Å². The summed E-state index contributed by atoms with van der Waals surface area (Å²) >= 11 is 4.26. The third-order valence-electron chi connectivity index (χ3n) is 3.18. The first kappa shape index (κ1) is 15.1. The van der Waals surface area contributed by atoms with Crippen molar-refractivity contribution in [2.45, 2.75) is 0 Å². The molecule has 22 heavy (non-hydrogen) atoms. The highest BCUT2D eigenvalue weighted by molar-refractivity contribution is 9.09. The molecule has 1 saturated heterocycles. The summed E-state index contributed by atoms with van der Waals surface area (Å²) in [6.45, 7) is 0.581. The van der Waals surface area contributed by atoms with Crippen molar-refractivity contribution < 1.29 is 14.3 Å². The zero-order chi connectivity index (χ0) is 15.5. The molecule has 0 aliphatic carbocycles. The van der Waals surface area contributed by atoms with Crippen LogP contribution in [0.2, 0.25) is 0 Å². The van der Waals surface area contributed by atoms with Crippen LogP contribution < -0.4 is 10.1 Å². The number of thioether (sulfide) groups is 1. The van der Waals surface area contributed by atoms with Gasteiger partial charge in [0.15, 0.2) is 0 Å². The molecule has 4 nitrogen and oxygen atoms in total. The van der Waals surface area contributed by atoms with Gasteiger partial charge in [-0.2, -0.15) is 0 Å². The molecular formula is C16H12BrNO3S. The van der Waals surface area contributed by atoms with Crippen LogP contribution in [0.25, 0.3) is 16.8 Å². The number of rotatable bonds is 4. The van der Waals surface area contributed by atoms with Crippen LogP contribution in [0.1, 0.15) is 5.56 Å². The van der Waals surface area contributed by atoms with Crippen LogP contribution >= 0.6 is 27.7 Å². The summed E-state index contributed by atoms with van der Waals surface area (Å²) in [7, 11) is 0. The molecule has 1 N–H and O–H groups in total. The fraction of sp³-hybridized carbons (Fsp3) is 0.125. The maximum absolute atomic E-state index is 11.7. The maximum Gasteiger partial charge on any atom is 0.290 e. The van der Waals surface area contributed by atoms with Gasteiger partial charge in [-0.3, -0.25) is 14.9 Å². The van der Waals surface area contributed by atoms with Crippen LogP contribution in [-0.2, 0) is 4.79 Å². The minimum Gasteiger partial charge on any atom is -0.492 e. The second-order valence-electron chi connectivity index (χ2n) is 4.59. The molecule has 0 unspecified atom stereocenters. The molecule has 6 heteroatoms. The molecule has 0 aromatic heterocycles. The topological polar surface area (TPSA) is 55.4 Å². The van der Waals surface area contributed by atoms with E-state index in [1.54, 1.807) is 6.08 Å². The number of imide groups is 1. The number of alkyl halides is 1. The molecule has 0 atom stereocenters. The Morgan fingerprint density at radius 2 is 1.91 bits per heavy atom. The lowest BCUT2D eigenvalue weighted by molar-refractivity contribution is -0.115. The van der Waals surface area contributed by atoms with Crippen molar-refractivity contribution in [3.05, 3.63) is 46.9 Å². The molecule has 112 valence electrons. The third kappa shape index (κ3) is 3.03. The van der Waals surface area contributed by atoms with Crippen molar-refractivity contribution >= 4 is 55.7 Å². The summed E-state index contributed by atoms with van der Waals surface area (Å²) in [5.74, 6) is 0.454. The molecule has 2 aromatic carbocycles. The van der Waals surface area contributed by atoms with Crippen molar-refractivity contribution in [1.29, 1.82) is 0 Å². The Labute approximate surface area is 140 Å². The van der Waals surface area contributed by atoms with Gasteiger partial charge in [0, 0.05) is 10.7 Å². The minimum absolute atomic E-state index is 0.335. The Hall–Kier alpha value is -1.79. The van der Waals surface area contributed by atoms with E-state index in [1.165, 1.54) is 0 Å². The summed E-state index contributed by atoms with van der Waals surface area (Å²) in [6.07, 6.45) is 1.74. The SMILES string of the molecule is O=C1NC(=O)/C(=C/c2ccc(OCCBr)c3ccccc23)S1. The number of carbonyl (C=O) groups excluding carboxylic acids is 2. The van der Waals surface area contributed by atoms with E-state index >= 15 is 0 Å². The Bertz CT molecular complexity index is 788. The molecule has 1 heterocycles. The fourth-order valence-corrected chi connectivity index (χ4v) is 3.09.